The number of carbonyl (C=O) groups is 2. The van der Waals surface area contributed by atoms with Gasteiger partial charge in [0.15, 0.2) is 0 Å². The highest BCUT2D eigenvalue weighted by Gasteiger charge is 2.18. The Labute approximate surface area is 197 Å². The molecule has 4 rings (SSSR count). The van der Waals surface area contributed by atoms with E-state index in [2.05, 4.69) is 27.0 Å². The number of nitrogens with zero attached hydrogens (tertiary/aromatic N) is 1. The first-order valence-electron chi connectivity index (χ1n) is 11.1. The number of carboxylic acids is 1. The summed E-state index contributed by atoms with van der Waals surface area (Å²) in [5.41, 5.74) is 2.52. The molecule has 0 radical (unpaired) electrons. The highest BCUT2D eigenvalue weighted by atomic mass is 16.5. The van der Waals surface area contributed by atoms with E-state index in [9.17, 15) is 14.7 Å². The van der Waals surface area contributed by atoms with Crippen LogP contribution in [0.15, 0.2) is 85.0 Å². The van der Waals surface area contributed by atoms with Crippen LogP contribution >= 0.6 is 0 Å². The quantitative estimate of drug-likeness (QED) is 0.372. The molecule has 0 saturated heterocycles. The number of rotatable bonds is 9. The van der Waals surface area contributed by atoms with Gasteiger partial charge in [0.25, 0.3) is 5.91 Å². The zero-order valence-electron chi connectivity index (χ0n) is 18.5. The van der Waals surface area contributed by atoms with Crippen molar-refractivity contribution in [3.8, 4) is 5.75 Å². The summed E-state index contributed by atoms with van der Waals surface area (Å²) in [5.74, 6) is 0.142. The van der Waals surface area contributed by atoms with Crippen molar-refractivity contribution in [2.24, 2.45) is 0 Å². The van der Waals surface area contributed by atoms with Crippen LogP contribution in [0.25, 0.3) is 0 Å². The van der Waals surface area contributed by atoms with Crippen LogP contribution in [-0.2, 0) is 4.79 Å². The van der Waals surface area contributed by atoms with Crippen molar-refractivity contribution in [1.82, 2.24) is 10.3 Å². The lowest BCUT2D eigenvalue weighted by Gasteiger charge is -2.18. The largest absolute Gasteiger partial charge is 0.485 e. The smallest absolute Gasteiger partial charge is 0.307 e. The van der Waals surface area contributed by atoms with Gasteiger partial charge in [-0.25, -0.2) is 0 Å². The molecule has 0 aliphatic carbocycles. The molecule has 174 valence electrons. The Kier molecular flexibility index (Phi) is 7.39. The molecule has 3 aromatic rings. The fraction of sp³-hybridized carbons (Fsp3) is 0.192. The second-order valence-corrected chi connectivity index (χ2v) is 7.87. The van der Waals surface area contributed by atoms with E-state index in [-0.39, 0.29) is 12.3 Å². The lowest BCUT2D eigenvalue weighted by Crippen LogP contribution is -2.24. The summed E-state index contributed by atoms with van der Waals surface area (Å²) in [5, 5.41) is 18.8. The van der Waals surface area contributed by atoms with Crippen molar-refractivity contribution in [1.29, 1.82) is 0 Å². The Balaban J connectivity index is 1.44. The van der Waals surface area contributed by atoms with Crippen molar-refractivity contribution >= 4 is 23.3 Å². The third-order valence-electron chi connectivity index (χ3n) is 5.24. The molecule has 0 bridgehead atoms. The molecule has 8 heteroatoms. The van der Waals surface area contributed by atoms with Gasteiger partial charge in [-0.3, -0.25) is 14.6 Å². The van der Waals surface area contributed by atoms with Crippen LogP contribution in [0, 0.1) is 0 Å². The minimum Gasteiger partial charge on any atom is -0.485 e. The molecule has 1 aliphatic heterocycles. The Morgan fingerprint density at radius 1 is 1.09 bits per heavy atom. The highest BCUT2D eigenvalue weighted by Crippen LogP contribution is 2.27. The van der Waals surface area contributed by atoms with Crippen LogP contribution in [0.1, 0.15) is 41.3 Å². The van der Waals surface area contributed by atoms with Crippen molar-refractivity contribution < 1.29 is 19.4 Å². The maximum atomic E-state index is 12.9. The van der Waals surface area contributed by atoms with Gasteiger partial charge in [0.2, 0.25) is 0 Å². The molecule has 34 heavy (non-hydrogen) atoms. The molecule has 1 aliphatic rings. The third kappa shape index (κ3) is 6.35. The molecule has 1 atom stereocenters. The zero-order chi connectivity index (χ0) is 23.8. The Bertz CT molecular complexity index is 1180. The van der Waals surface area contributed by atoms with Crippen molar-refractivity contribution in [3.63, 3.8) is 0 Å². The molecule has 1 amide bonds. The number of aromatic nitrogens is 1. The van der Waals surface area contributed by atoms with Gasteiger partial charge >= 0.3 is 5.97 Å². The Hall–Kier alpha value is -4.33. The molecule has 1 unspecified atom stereocenters. The third-order valence-corrected chi connectivity index (χ3v) is 5.24. The van der Waals surface area contributed by atoms with E-state index in [4.69, 9.17) is 4.74 Å². The van der Waals surface area contributed by atoms with E-state index < -0.39 is 12.1 Å². The summed E-state index contributed by atoms with van der Waals surface area (Å²) in [7, 11) is 0. The maximum absolute atomic E-state index is 12.9. The first-order valence-corrected chi connectivity index (χ1v) is 11.1. The minimum absolute atomic E-state index is 0.215. The fourth-order valence-electron chi connectivity index (χ4n) is 3.60. The molecular weight excluding hydrogens is 432 g/mol. The number of pyridine rings is 1. The number of benzene rings is 2. The second kappa shape index (κ2) is 11.0. The van der Waals surface area contributed by atoms with Crippen LogP contribution in [0.5, 0.6) is 5.75 Å². The first-order chi connectivity index (χ1) is 16.6. The summed E-state index contributed by atoms with van der Waals surface area (Å²) in [6.07, 6.45) is 6.50. The average Bonchev–Trinajstić information content (AvgIpc) is 2.85. The molecule has 8 nitrogen and oxygen atoms in total. The molecule has 1 aromatic heterocycles. The topological polar surface area (TPSA) is 113 Å². The Morgan fingerprint density at radius 3 is 2.71 bits per heavy atom. The minimum atomic E-state index is -0.981. The van der Waals surface area contributed by atoms with Gasteiger partial charge in [-0.15, -0.1) is 0 Å². The van der Waals surface area contributed by atoms with Gasteiger partial charge in [-0.2, -0.15) is 0 Å². The van der Waals surface area contributed by atoms with Gasteiger partial charge in [-0.05, 0) is 55.3 Å². The molecule has 2 aromatic carbocycles. The van der Waals surface area contributed by atoms with Crippen molar-refractivity contribution in [2.75, 3.05) is 17.2 Å². The maximum Gasteiger partial charge on any atom is 0.307 e. The van der Waals surface area contributed by atoms with Gasteiger partial charge in [0, 0.05) is 47.5 Å². The normalized spacial score (nSPS) is 13.7. The van der Waals surface area contributed by atoms with Gasteiger partial charge < -0.3 is 25.8 Å². The number of carboxylic acid groups (broad SMARTS) is 1. The molecule has 4 N–H and O–H groups in total. The summed E-state index contributed by atoms with van der Waals surface area (Å²) in [6.45, 7) is 0.922. The van der Waals surface area contributed by atoms with E-state index in [0.29, 0.717) is 22.6 Å². The van der Waals surface area contributed by atoms with E-state index in [1.54, 1.807) is 60.9 Å². The van der Waals surface area contributed by atoms with Gasteiger partial charge in [-0.1, -0.05) is 18.2 Å². The number of hydrogen-bond acceptors (Lipinski definition) is 6. The number of carbonyl (C=O) groups excluding carboxylic acids is 1. The van der Waals surface area contributed by atoms with Gasteiger partial charge in [0.05, 0.1) is 12.2 Å². The lowest BCUT2D eigenvalue weighted by atomic mass is 10.1. The standard InChI is InChI=1S/C26H26N4O4/c31-25(32)16-23(19-7-5-12-27-17-19)34-22-10-4-9-21(15-22)30-26(33)18-6-3-8-20(14-18)29-24-11-1-2-13-28-24/h3-12,14-15,17,23,28-29H,1-2,13,16H2,(H,30,33)(H,31,32). The first kappa shape index (κ1) is 22.8. The molecule has 0 saturated carbocycles. The monoisotopic (exact) mass is 458 g/mol. The number of anilines is 2. The lowest BCUT2D eigenvalue weighted by molar-refractivity contribution is -0.138. The van der Waals surface area contributed by atoms with E-state index >= 15 is 0 Å². The summed E-state index contributed by atoms with van der Waals surface area (Å²) < 4.78 is 5.95. The molecule has 0 fully saturated rings. The van der Waals surface area contributed by atoms with Crippen LogP contribution in [-0.4, -0.2) is 28.5 Å². The van der Waals surface area contributed by atoms with E-state index in [0.717, 1.165) is 30.9 Å². The van der Waals surface area contributed by atoms with E-state index in [1.807, 2.05) is 12.1 Å². The predicted octanol–water partition coefficient (Wildman–Crippen LogP) is 4.57. The number of amides is 1. The Morgan fingerprint density at radius 2 is 1.94 bits per heavy atom. The van der Waals surface area contributed by atoms with E-state index in [1.165, 1.54) is 0 Å². The number of aliphatic carboxylic acids is 1. The van der Waals surface area contributed by atoms with Gasteiger partial charge in [0.1, 0.15) is 11.9 Å². The SMILES string of the molecule is O=C(O)CC(Oc1cccc(NC(=O)c2cccc(NC3=CCCCN3)c2)c1)c1cccnc1. The molecule has 2 heterocycles. The second-order valence-electron chi connectivity index (χ2n) is 7.87. The van der Waals surface area contributed by atoms with Crippen LogP contribution in [0.4, 0.5) is 11.4 Å². The predicted molar refractivity (Wildman–Crippen MR) is 130 cm³/mol. The van der Waals surface area contributed by atoms with Crippen molar-refractivity contribution in [2.45, 2.75) is 25.4 Å². The molecular formula is C26H26N4O4. The number of allylic oxidation sites excluding steroid dienone is 1. The van der Waals surface area contributed by atoms with Crippen molar-refractivity contribution in [3.05, 3.63) is 96.1 Å². The van der Waals surface area contributed by atoms with Crippen LogP contribution < -0.4 is 20.7 Å². The summed E-state index contributed by atoms with van der Waals surface area (Å²) in [4.78, 5) is 28.2. The van der Waals surface area contributed by atoms with Crippen LogP contribution in [0.2, 0.25) is 0 Å². The number of nitrogens with one attached hydrogen (secondary N) is 3. The number of ether oxygens (including phenoxy) is 1. The average molecular weight is 459 g/mol. The van der Waals surface area contributed by atoms with Crippen LogP contribution in [0.3, 0.4) is 0 Å². The number of hydrogen-bond donors (Lipinski definition) is 4. The highest BCUT2D eigenvalue weighted by molar-refractivity contribution is 6.04. The summed E-state index contributed by atoms with van der Waals surface area (Å²) in [6, 6.07) is 17.6. The zero-order valence-corrected chi connectivity index (χ0v) is 18.5. The molecule has 0 spiro atoms. The summed E-state index contributed by atoms with van der Waals surface area (Å²) >= 11 is 0. The fourth-order valence-corrected chi connectivity index (χ4v) is 3.60.